The number of rotatable bonds is 5. The third-order valence-corrected chi connectivity index (χ3v) is 5.36. The van der Waals surface area contributed by atoms with Crippen LogP contribution in [0, 0.1) is 5.92 Å². The fraction of sp³-hybridized carbons (Fsp3) is 0.600. The molecule has 3 rings (SSSR count). The van der Waals surface area contributed by atoms with Crippen molar-refractivity contribution in [2.45, 2.75) is 31.8 Å². The molecular weight excluding hydrogens is 324 g/mol. The van der Waals surface area contributed by atoms with Crippen LogP contribution >= 0.6 is 27.5 Å². The van der Waals surface area contributed by atoms with Gasteiger partial charge < -0.3 is 10.2 Å². The Morgan fingerprint density at radius 1 is 1.32 bits per heavy atom. The highest BCUT2D eigenvalue weighted by Crippen LogP contribution is 2.31. The average molecular weight is 344 g/mol. The standard InChI is InChI=1S/C15H20BrClN2/c16-14-4-1-11(7-15(14)17)8-18-9-12-5-6-19(10-12)13-2-3-13/h1,4,7,12-13,18H,2-3,5-6,8-10H2. The first kappa shape index (κ1) is 13.9. The summed E-state index contributed by atoms with van der Waals surface area (Å²) in [5.41, 5.74) is 1.25. The van der Waals surface area contributed by atoms with Gasteiger partial charge in [0.2, 0.25) is 0 Å². The molecule has 19 heavy (non-hydrogen) atoms. The first-order valence-electron chi connectivity index (χ1n) is 7.11. The quantitative estimate of drug-likeness (QED) is 0.877. The molecule has 0 bridgehead atoms. The molecule has 0 amide bonds. The van der Waals surface area contributed by atoms with Crippen LogP contribution in [-0.4, -0.2) is 30.6 Å². The molecule has 1 aromatic carbocycles. The summed E-state index contributed by atoms with van der Waals surface area (Å²) < 4.78 is 0.966. The molecule has 104 valence electrons. The SMILES string of the molecule is Clc1cc(CNCC2CCN(C3CC3)C2)ccc1Br. The lowest BCUT2D eigenvalue weighted by Crippen LogP contribution is -2.27. The maximum Gasteiger partial charge on any atom is 0.0551 e. The van der Waals surface area contributed by atoms with Gasteiger partial charge >= 0.3 is 0 Å². The smallest absolute Gasteiger partial charge is 0.0551 e. The molecule has 1 aliphatic heterocycles. The Balaban J connectivity index is 1.41. The Morgan fingerprint density at radius 2 is 2.16 bits per heavy atom. The van der Waals surface area contributed by atoms with Crippen molar-refractivity contribution in [1.82, 2.24) is 10.2 Å². The zero-order valence-electron chi connectivity index (χ0n) is 11.0. The van der Waals surface area contributed by atoms with E-state index in [1.807, 2.05) is 12.1 Å². The van der Waals surface area contributed by atoms with Crippen LogP contribution in [0.5, 0.6) is 0 Å². The minimum Gasteiger partial charge on any atom is -0.312 e. The zero-order chi connectivity index (χ0) is 13.2. The molecule has 2 aliphatic rings. The molecule has 1 saturated carbocycles. The summed E-state index contributed by atoms with van der Waals surface area (Å²) in [6.45, 7) is 4.63. The topological polar surface area (TPSA) is 15.3 Å². The van der Waals surface area contributed by atoms with Crippen LogP contribution in [0.3, 0.4) is 0 Å². The van der Waals surface area contributed by atoms with Crippen molar-refractivity contribution in [3.05, 3.63) is 33.3 Å². The van der Waals surface area contributed by atoms with Crippen LogP contribution in [0.4, 0.5) is 0 Å². The summed E-state index contributed by atoms with van der Waals surface area (Å²) >= 11 is 9.52. The fourth-order valence-corrected chi connectivity index (χ4v) is 3.32. The van der Waals surface area contributed by atoms with E-state index in [1.165, 1.54) is 37.9 Å². The highest BCUT2D eigenvalue weighted by Gasteiger charge is 2.33. The van der Waals surface area contributed by atoms with Crippen molar-refractivity contribution < 1.29 is 0 Å². The number of benzene rings is 1. The Bertz CT molecular complexity index is 448. The van der Waals surface area contributed by atoms with E-state index in [1.54, 1.807) is 0 Å². The molecule has 1 aromatic rings. The van der Waals surface area contributed by atoms with E-state index in [4.69, 9.17) is 11.6 Å². The number of nitrogens with one attached hydrogen (secondary N) is 1. The summed E-state index contributed by atoms with van der Waals surface area (Å²) in [5.74, 6) is 0.825. The number of likely N-dealkylation sites (tertiary alicyclic amines) is 1. The molecule has 0 aromatic heterocycles. The van der Waals surface area contributed by atoms with Gasteiger partial charge in [0.15, 0.2) is 0 Å². The van der Waals surface area contributed by atoms with Gasteiger partial charge in [0.25, 0.3) is 0 Å². The highest BCUT2D eigenvalue weighted by atomic mass is 79.9. The van der Waals surface area contributed by atoms with Gasteiger partial charge in [0.1, 0.15) is 0 Å². The molecule has 4 heteroatoms. The van der Waals surface area contributed by atoms with Crippen LogP contribution in [0.1, 0.15) is 24.8 Å². The van der Waals surface area contributed by atoms with Crippen LogP contribution < -0.4 is 5.32 Å². The Hall–Kier alpha value is -0.0900. The molecule has 1 aliphatic carbocycles. The fourth-order valence-electron chi connectivity index (χ4n) is 2.87. The monoisotopic (exact) mass is 342 g/mol. The second-order valence-corrected chi connectivity index (χ2v) is 7.02. The molecule has 0 radical (unpaired) electrons. The van der Waals surface area contributed by atoms with Gasteiger partial charge in [-0.3, -0.25) is 0 Å². The largest absolute Gasteiger partial charge is 0.312 e. The average Bonchev–Trinajstić information content (AvgIpc) is 3.14. The Morgan fingerprint density at radius 3 is 2.89 bits per heavy atom. The van der Waals surface area contributed by atoms with E-state index < -0.39 is 0 Å². The van der Waals surface area contributed by atoms with Gasteiger partial charge in [-0.2, -0.15) is 0 Å². The molecular formula is C15H20BrClN2. The van der Waals surface area contributed by atoms with Crippen molar-refractivity contribution in [2.75, 3.05) is 19.6 Å². The third kappa shape index (κ3) is 3.72. The number of nitrogens with zero attached hydrogens (tertiary/aromatic N) is 1. The summed E-state index contributed by atoms with van der Waals surface area (Å²) in [5, 5.41) is 4.36. The maximum absolute atomic E-state index is 6.10. The minimum absolute atomic E-state index is 0.792. The van der Waals surface area contributed by atoms with Gasteiger partial charge in [-0.05, 0) is 71.9 Å². The van der Waals surface area contributed by atoms with E-state index in [0.717, 1.165) is 34.5 Å². The van der Waals surface area contributed by atoms with Crippen LogP contribution in [0.15, 0.2) is 22.7 Å². The number of halogens is 2. The van der Waals surface area contributed by atoms with Crippen LogP contribution in [0.2, 0.25) is 5.02 Å². The maximum atomic E-state index is 6.10. The van der Waals surface area contributed by atoms with Gasteiger partial charge in [0, 0.05) is 23.6 Å². The predicted octanol–water partition coefficient (Wildman–Crippen LogP) is 3.68. The normalized spacial score (nSPS) is 24.0. The number of hydrogen-bond acceptors (Lipinski definition) is 2. The summed E-state index contributed by atoms with van der Waals surface area (Å²) in [4.78, 5) is 2.67. The first-order valence-corrected chi connectivity index (χ1v) is 8.28. The highest BCUT2D eigenvalue weighted by molar-refractivity contribution is 9.10. The van der Waals surface area contributed by atoms with Gasteiger partial charge in [-0.15, -0.1) is 0 Å². The van der Waals surface area contributed by atoms with E-state index >= 15 is 0 Å². The third-order valence-electron chi connectivity index (χ3n) is 4.13. The van der Waals surface area contributed by atoms with E-state index in [9.17, 15) is 0 Å². The zero-order valence-corrected chi connectivity index (χ0v) is 13.4. The second-order valence-electron chi connectivity index (χ2n) is 5.76. The molecule has 0 spiro atoms. The van der Waals surface area contributed by atoms with Crippen LogP contribution in [0.25, 0.3) is 0 Å². The Kier molecular flexibility index (Phi) is 4.47. The second kappa shape index (κ2) is 6.13. The van der Waals surface area contributed by atoms with Crippen molar-refractivity contribution in [2.24, 2.45) is 5.92 Å². The summed E-state index contributed by atoms with van der Waals surface area (Å²) in [6.07, 6.45) is 4.21. The minimum atomic E-state index is 0.792. The predicted molar refractivity (Wildman–Crippen MR) is 83.6 cm³/mol. The first-order chi connectivity index (χ1) is 9.22. The summed E-state index contributed by atoms with van der Waals surface area (Å²) in [7, 11) is 0. The lowest BCUT2D eigenvalue weighted by molar-refractivity contribution is 0.312. The Labute approximate surface area is 128 Å². The lowest BCUT2D eigenvalue weighted by Gasteiger charge is -2.15. The van der Waals surface area contributed by atoms with Crippen molar-refractivity contribution in [1.29, 1.82) is 0 Å². The molecule has 2 fully saturated rings. The van der Waals surface area contributed by atoms with Crippen LogP contribution in [-0.2, 0) is 6.54 Å². The van der Waals surface area contributed by atoms with Crippen molar-refractivity contribution in [3.63, 3.8) is 0 Å². The summed E-state index contributed by atoms with van der Waals surface area (Å²) in [6, 6.07) is 7.09. The van der Waals surface area contributed by atoms with E-state index in [-0.39, 0.29) is 0 Å². The molecule has 2 nitrogen and oxygen atoms in total. The molecule has 1 atom stereocenters. The van der Waals surface area contributed by atoms with E-state index in [2.05, 4.69) is 32.2 Å². The lowest BCUT2D eigenvalue weighted by atomic mass is 10.1. The molecule has 1 N–H and O–H groups in total. The molecule has 1 unspecified atom stereocenters. The van der Waals surface area contributed by atoms with E-state index in [0.29, 0.717) is 0 Å². The van der Waals surface area contributed by atoms with Crippen molar-refractivity contribution in [3.8, 4) is 0 Å². The van der Waals surface area contributed by atoms with Gasteiger partial charge in [-0.1, -0.05) is 17.7 Å². The van der Waals surface area contributed by atoms with Gasteiger partial charge in [0.05, 0.1) is 5.02 Å². The molecule has 1 heterocycles. The number of hydrogen-bond donors (Lipinski definition) is 1. The van der Waals surface area contributed by atoms with Gasteiger partial charge in [-0.25, -0.2) is 0 Å². The molecule has 1 saturated heterocycles. The van der Waals surface area contributed by atoms with Crippen molar-refractivity contribution >= 4 is 27.5 Å².